The molecule has 0 bridgehead atoms. The molecule has 1 aromatic rings. The van der Waals surface area contributed by atoms with Gasteiger partial charge < -0.3 is 0 Å². The molecule has 1 aromatic carbocycles. The minimum Gasteiger partial charge on any atom is -0.100 e. The lowest BCUT2D eigenvalue weighted by atomic mass is 10.0. The van der Waals surface area contributed by atoms with E-state index >= 15 is 0 Å². The third kappa shape index (κ3) is 2.91. The van der Waals surface area contributed by atoms with Gasteiger partial charge >= 0.3 is 0 Å². The monoisotopic (exact) mass is 160 g/mol. The minimum atomic E-state index is 1.10. The average Bonchev–Trinajstić information content (AvgIpc) is 2.01. The van der Waals surface area contributed by atoms with Crippen molar-refractivity contribution in [2.45, 2.75) is 26.7 Å². The third-order valence-electron chi connectivity index (χ3n) is 1.92. The molecule has 0 unspecified atom stereocenters. The van der Waals surface area contributed by atoms with Crippen molar-refractivity contribution in [3.63, 3.8) is 0 Å². The van der Waals surface area contributed by atoms with Gasteiger partial charge in [-0.05, 0) is 32.3 Å². The molecular weight excluding hydrogens is 144 g/mol. The molecule has 0 radical (unpaired) electrons. The lowest BCUT2D eigenvalue weighted by Gasteiger charge is -2.01. The molecule has 0 heteroatoms. The molecule has 0 spiro atoms. The van der Waals surface area contributed by atoms with E-state index in [1.54, 1.807) is 0 Å². The van der Waals surface area contributed by atoms with Gasteiger partial charge in [0.15, 0.2) is 0 Å². The van der Waals surface area contributed by atoms with Gasteiger partial charge in [-0.3, -0.25) is 0 Å². The van der Waals surface area contributed by atoms with E-state index in [0.29, 0.717) is 0 Å². The maximum absolute atomic E-state index is 3.89. The number of rotatable bonds is 3. The summed E-state index contributed by atoms with van der Waals surface area (Å²) in [5.74, 6) is 0. The molecule has 0 amide bonds. The zero-order chi connectivity index (χ0) is 8.97. The molecule has 0 N–H and O–H groups in total. The SMILES string of the molecule is C=C(C)CCc1cccc(C)c1. The van der Waals surface area contributed by atoms with E-state index in [2.05, 4.69) is 44.7 Å². The van der Waals surface area contributed by atoms with E-state index in [1.807, 2.05) is 0 Å². The van der Waals surface area contributed by atoms with Crippen molar-refractivity contribution in [2.75, 3.05) is 0 Å². The zero-order valence-corrected chi connectivity index (χ0v) is 7.93. The Morgan fingerprint density at radius 3 is 2.75 bits per heavy atom. The summed E-state index contributed by atoms with van der Waals surface area (Å²) in [4.78, 5) is 0. The molecule has 0 fully saturated rings. The van der Waals surface area contributed by atoms with Gasteiger partial charge in [0.25, 0.3) is 0 Å². The van der Waals surface area contributed by atoms with Crippen molar-refractivity contribution < 1.29 is 0 Å². The van der Waals surface area contributed by atoms with Crippen LogP contribution in [-0.2, 0) is 6.42 Å². The highest BCUT2D eigenvalue weighted by Crippen LogP contribution is 2.09. The predicted molar refractivity (Wildman–Crippen MR) is 54.3 cm³/mol. The van der Waals surface area contributed by atoms with Crippen LogP contribution in [0.1, 0.15) is 24.5 Å². The van der Waals surface area contributed by atoms with Crippen LogP contribution in [0.2, 0.25) is 0 Å². The van der Waals surface area contributed by atoms with Crippen LogP contribution in [0, 0.1) is 6.92 Å². The van der Waals surface area contributed by atoms with Crippen molar-refractivity contribution in [1.29, 1.82) is 0 Å². The van der Waals surface area contributed by atoms with Gasteiger partial charge in [0.2, 0.25) is 0 Å². The maximum Gasteiger partial charge on any atom is -0.0242 e. The third-order valence-corrected chi connectivity index (χ3v) is 1.92. The molecule has 1 rings (SSSR count). The van der Waals surface area contributed by atoms with Crippen LogP contribution in [0.4, 0.5) is 0 Å². The van der Waals surface area contributed by atoms with Crippen molar-refractivity contribution in [3.05, 3.63) is 47.5 Å². The lowest BCUT2D eigenvalue weighted by molar-refractivity contribution is 0.944. The van der Waals surface area contributed by atoms with Gasteiger partial charge in [-0.25, -0.2) is 0 Å². The van der Waals surface area contributed by atoms with Gasteiger partial charge in [0.05, 0.1) is 0 Å². The van der Waals surface area contributed by atoms with Crippen LogP contribution in [0.15, 0.2) is 36.4 Å². The van der Waals surface area contributed by atoms with E-state index in [1.165, 1.54) is 16.7 Å². The van der Waals surface area contributed by atoms with E-state index in [9.17, 15) is 0 Å². The first kappa shape index (κ1) is 9.05. The van der Waals surface area contributed by atoms with Crippen molar-refractivity contribution in [3.8, 4) is 0 Å². The fourth-order valence-electron chi connectivity index (χ4n) is 1.23. The Morgan fingerprint density at radius 2 is 2.17 bits per heavy atom. The number of hydrogen-bond donors (Lipinski definition) is 0. The Kier molecular flexibility index (Phi) is 3.09. The smallest absolute Gasteiger partial charge is 0.0242 e. The second kappa shape index (κ2) is 4.10. The maximum atomic E-state index is 3.89. The Balaban J connectivity index is 2.57. The van der Waals surface area contributed by atoms with Crippen LogP contribution in [0.5, 0.6) is 0 Å². The molecule has 0 aliphatic carbocycles. The van der Waals surface area contributed by atoms with Gasteiger partial charge in [-0.1, -0.05) is 35.4 Å². The molecule has 0 aliphatic rings. The highest BCUT2D eigenvalue weighted by molar-refractivity contribution is 5.22. The summed E-state index contributed by atoms with van der Waals surface area (Å²) in [6, 6.07) is 8.66. The van der Waals surface area contributed by atoms with Crippen LogP contribution in [0.3, 0.4) is 0 Å². The number of aryl methyl sites for hydroxylation is 2. The second-order valence-corrected chi connectivity index (χ2v) is 3.45. The van der Waals surface area contributed by atoms with Crippen molar-refractivity contribution in [2.24, 2.45) is 0 Å². The van der Waals surface area contributed by atoms with Gasteiger partial charge in [-0.2, -0.15) is 0 Å². The Labute approximate surface area is 74.9 Å². The quantitative estimate of drug-likeness (QED) is 0.594. The second-order valence-electron chi connectivity index (χ2n) is 3.45. The van der Waals surface area contributed by atoms with Crippen LogP contribution in [-0.4, -0.2) is 0 Å². The predicted octanol–water partition coefficient (Wildman–Crippen LogP) is 3.50. The number of benzene rings is 1. The highest BCUT2D eigenvalue weighted by Gasteiger charge is 1.92. The Morgan fingerprint density at radius 1 is 1.42 bits per heavy atom. The lowest BCUT2D eigenvalue weighted by Crippen LogP contribution is -1.86. The molecule has 0 atom stereocenters. The standard InChI is InChI=1S/C12H16/c1-10(2)7-8-12-6-4-5-11(3)9-12/h4-6,9H,1,7-8H2,2-3H3. The minimum absolute atomic E-state index is 1.10. The highest BCUT2D eigenvalue weighted by atomic mass is 14.0. The number of hydrogen-bond acceptors (Lipinski definition) is 0. The van der Waals surface area contributed by atoms with Crippen molar-refractivity contribution in [1.82, 2.24) is 0 Å². The van der Waals surface area contributed by atoms with E-state index in [4.69, 9.17) is 0 Å². The first-order chi connectivity index (χ1) is 5.68. The summed E-state index contributed by atoms with van der Waals surface area (Å²) in [5.41, 5.74) is 4.02. The molecule has 0 aliphatic heterocycles. The van der Waals surface area contributed by atoms with Gasteiger partial charge in [0.1, 0.15) is 0 Å². The Hall–Kier alpha value is -1.04. The largest absolute Gasteiger partial charge is 0.100 e. The van der Waals surface area contributed by atoms with Gasteiger partial charge in [-0.15, -0.1) is 6.58 Å². The zero-order valence-electron chi connectivity index (χ0n) is 7.93. The average molecular weight is 160 g/mol. The molecule has 0 saturated heterocycles. The molecule has 0 aromatic heterocycles. The summed E-state index contributed by atoms with van der Waals surface area (Å²) in [7, 11) is 0. The first-order valence-electron chi connectivity index (χ1n) is 4.38. The summed E-state index contributed by atoms with van der Waals surface area (Å²) in [6.45, 7) is 8.10. The fraction of sp³-hybridized carbons (Fsp3) is 0.333. The van der Waals surface area contributed by atoms with Gasteiger partial charge in [0, 0.05) is 0 Å². The molecule has 64 valence electrons. The molecule has 12 heavy (non-hydrogen) atoms. The number of allylic oxidation sites excluding steroid dienone is 1. The van der Waals surface area contributed by atoms with Crippen molar-refractivity contribution >= 4 is 0 Å². The topological polar surface area (TPSA) is 0 Å². The van der Waals surface area contributed by atoms with E-state index in [0.717, 1.165) is 12.8 Å². The molecular formula is C12H16. The van der Waals surface area contributed by atoms with E-state index in [-0.39, 0.29) is 0 Å². The van der Waals surface area contributed by atoms with E-state index < -0.39 is 0 Å². The van der Waals surface area contributed by atoms with Crippen LogP contribution >= 0.6 is 0 Å². The first-order valence-corrected chi connectivity index (χ1v) is 4.38. The molecule has 0 heterocycles. The summed E-state index contributed by atoms with van der Waals surface area (Å²) in [5, 5.41) is 0. The van der Waals surface area contributed by atoms with Crippen LogP contribution in [0.25, 0.3) is 0 Å². The normalized spacial score (nSPS) is 9.83. The molecule has 0 nitrogen and oxygen atoms in total. The van der Waals surface area contributed by atoms with Crippen LogP contribution < -0.4 is 0 Å². The Bertz CT molecular complexity index is 271. The fourth-order valence-corrected chi connectivity index (χ4v) is 1.23. The summed E-state index contributed by atoms with van der Waals surface area (Å²) >= 11 is 0. The summed E-state index contributed by atoms with van der Waals surface area (Å²) in [6.07, 6.45) is 2.22. The summed E-state index contributed by atoms with van der Waals surface area (Å²) < 4.78 is 0. The molecule has 0 saturated carbocycles.